The van der Waals surface area contributed by atoms with Crippen LogP contribution in [0.1, 0.15) is 60.3 Å². The first kappa shape index (κ1) is 19.5. The van der Waals surface area contributed by atoms with Crippen LogP contribution in [-0.4, -0.2) is 28.8 Å². The number of carbonyl (C=O) groups is 1. The van der Waals surface area contributed by atoms with Crippen LogP contribution >= 0.6 is 0 Å². The second-order valence-electron chi connectivity index (χ2n) is 7.20. The Morgan fingerprint density at radius 3 is 2.72 bits per heavy atom. The first-order chi connectivity index (χ1) is 11.8. The van der Waals surface area contributed by atoms with Crippen molar-refractivity contribution in [1.29, 1.82) is 0 Å². The zero-order valence-corrected chi connectivity index (χ0v) is 15.9. The van der Waals surface area contributed by atoms with E-state index in [1.165, 1.54) is 0 Å². The van der Waals surface area contributed by atoms with Crippen molar-refractivity contribution in [3.63, 3.8) is 0 Å². The highest BCUT2D eigenvalue weighted by Crippen LogP contribution is 2.40. The van der Waals surface area contributed by atoms with E-state index in [2.05, 4.69) is 24.5 Å². The van der Waals surface area contributed by atoms with E-state index < -0.39 is 5.60 Å². The number of hydrogen-bond donors (Lipinski definition) is 2. The summed E-state index contributed by atoms with van der Waals surface area (Å²) >= 11 is 0. The van der Waals surface area contributed by atoms with Gasteiger partial charge in [0.25, 0.3) is 0 Å². The molecule has 0 radical (unpaired) electrons. The van der Waals surface area contributed by atoms with Crippen molar-refractivity contribution in [2.75, 3.05) is 6.61 Å². The smallest absolute Gasteiger partial charge is 0.168 e. The van der Waals surface area contributed by atoms with Gasteiger partial charge in [-0.25, -0.2) is 0 Å². The molecule has 6 nitrogen and oxygen atoms in total. The van der Waals surface area contributed by atoms with Crippen molar-refractivity contribution in [2.24, 2.45) is 17.0 Å². The van der Waals surface area contributed by atoms with Crippen LogP contribution in [0.2, 0.25) is 0 Å². The lowest BCUT2D eigenvalue weighted by atomic mass is 9.75. The average Bonchev–Trinajstić information content (AvgIpc) is 2.96. The Morgan fingerprint density at radius 2 is 2.20 bits per heavy atom. The molecular weight excluding hydrogens is 320 g/mol. The number of ketones is 1. The SMILES string of the molecule is CCCC(=NOCC)C1=C(O)CC(C2(C)C=C(C(C)C)NO2)CC1=O. The molecule has 2 unspecified atom stereocenters. The van der Waals surface area contributed by atoms with Gasteiger partial charge in [0, 0.05) is 24.5 Å². The molecule has 1 heterocycles. The summed E-state index contributed by atoms with van der Waals surface area (Å²) in [5.41, 5.74) is 4.23. The summed E-state index contributed by atoms with van der Waals surface area (Å²) < 4.78 is 0. The van der Waals surface area contributed by atoms with Gasteiger partial charge in [0.1, 0.15) is 18.0 Å². The molecule has 25 heavy (non-hydrogen) atoms. The minimum atomic E-state index is -0.614. The second-order valence-corrected chi connectivity index (χ2v) is 7.20. The van der Waals surface area contributed by atoms with Crippen LogP contribution in [-0.2, 0) is 14.5 Å². The number of aliphatic hydroxyl groups excluding tert-OH is 1. The fourth-order valence-corrected chi connectivity index (χ4v) is 3.25. The maximum Gasteiger partial charge on any atom is 0.168 e. The molecular formula is C19H30N2O4. The van der Waals surface area contributed by atoms with E-state index in [-0.39, 0.29) is 17.5 Å². The van der Waals surface area contributed by atoms with Gasteiger partial charge >= 0.3 is 0 Å². The number of nitrogens with one attached hydrogen (secondary N) is 1. The van der Waals surface area contributed by atoms with E-state index in [9.17, 15) is 9.90 Å². The van der Waals surface area contributed by atoms with Gasteiger partial charge in [0.05, 0.1) is 11.3 Å². The van der Waals surface area contributed by atoms with Crippen LogP contribution < -0.4 is 5.48 Å². The maximum absolute atomic E-state index is 12.8. The zero-order valence-electron chi connectivity index (χ0n) is 15.9. The van der Waals surface area contributed by atoms with Gasteiger partial charge < -0.3 is 9.94 Å². The third-order valence-corrected chi connectivity index (χ3v) is 4.78. The van der Waals surface area contributed by atoms with Gasteiger partial charge in [-0.1, -0.05) is 32.3 Å². The quantitative estimate of drug-likeness (QED) is 0.539. The van der Waals surface area contributed by atoms with Gasteiger partial charge in [0.2, 0.25) is 0 Å². The lowest BCUT2D eigenvalue weighted by molar-refractivity contribution is -0.122. The van der Waals surface area contributed by atoms with Crippen molar-refractivity contribution in [3.8, 4) is 0 Å². The van der Waals surface area contributed by atoms with E-state index in [1.54, 1.807) is 0 Å². The van der Waals surface area contributed by atoms with E-state index in [4.69, 9.17) is 9.68 Å². The summed E-state index contributed by atoms with van der Waals surface area (Å²) in [5.74, 6) is 0.180. The molecule has 0 aromatic rings. The average molecular weight is 350 g/mol. The monoisotopic (exact) mass is 350 g/mol. The fraction of sp³-hybridized carbons (Fsp3) is 0.684. The summed E-state index contributed by atoms with van der Waals surface area (Å²) in [6, 6.07) is 0. The maximum atomic E-state index is 12.8. The zero-order chi connectivity index (χ0) is 18.6. The molecule has 6 heteroatoms. The molecule has 1 aliphatic heterocycles. The lowest BCUT2D eigenvalue weighted by Gasteiger charge is -2.33. The summed E-state index contributed by atoms with van der Waals surface area (Å²) in [5, 5.41) is 14.6. The lowest BCUT2D eigenvalue weighted by Crippen LogP contribution is -2.40. The highest BCUT2D eigenvalue weighted by molar-refractivity contribution is 6.23. The van der Waals surface area contributed by atoms with Crippen LogP contribution in [0.25, 0.3) is 0 Å². The molecule has 140 valence electrons. The summed E-state index contributed by atoms with van der Waals surface area (Å²) in [4.78, 5) is 23.7. The van der Waals surface area contributed by atoms with Gasteiger partial charge in [-0.15, -0.1) is 0 Å². The summed E-state index contributed by atoms with van der Waals surface area (Å²) in [6.07, 6.45) is 4.16. The number of hydrogen-bond acceptors (Lipinski definition) is 6. The molecule has 0 bridgehead atoms. The molecule has 2 atom stereocenters. The Bertz CT molecular complexity index is 607. The Hall–Kier alpha value is -1.82. The van der Waals surface area contributed by atoms with Crippen molar-refractivity contribution in [2.45, 2.75) is 65.9 Å². The van der Waals surface area contributed by atoms with Crippen molar-refractivity contribution < 1.29 is 19.6 Å². The summed E-state index contributed by atoms with van der Waals surface area (Å²) in [7, 11) is 0. The van der Waals surface area contributed by atoms with E-state index in [0.717, 1.165) is 12.1 Å². The number of carbonyl (C=O) groups excluding carboxylic acids is 1. The van der Waals surface area contributed by atoms with E-state index in [0.29, 0.717) is 43.1 Å². The number of oxime groups is 1. The molecule has 0 aromatic carbocycles. The highest BCUT2D eigenvalue weighted by Gasteiger charge is 2.44. The minimum Gasteiger partial charge on any atom is -0.511 e. The second kappa shape index (κ2) is 8.04. The van der Waals surface area contributed by atoms with Crippen molar-refractivity contribution >= 4 is 11.5 Å². The number of Topliss-reactive ketones (excluding diaryl/α,β-unsaturated/α-hetero) is 1. The van der Waals surface area contributed by atoms with E-state index in [1.807, 2.05) is 26.8 Å². The molecule has 0 saturated heterocycles. The van der Waals surface area contributed by atoms with Crippen LogP contribution in [0, 0.1) is 11.8 Å². The van der Waals surface area contributed by atoms with Crippen LogP contribution in [0.3, 0.4) is 0 Å². The number of hydroxylamine groups is 1. The van der Waals surface area contributed by atoms with Gasteiger partial charge in [-0.2, -0.15) is 0 Å². The standard InChI is InChI=1S/C19H30N2O4/c1-6-8-14(20-24-7-2)18-16(22)9-13(10-17(18)23)19(5)11-15(12(3)4)21-25-19/h11-13,21-22H,6-10H2,1-5H3. The Morgan fingerprint density at radius 1 is 1.48 bits per heavy atom. The Balaban J connectivity index is 2.26. The van der Waals surface area contributed by atoms with Crippen LogP contribution in [0.15, 0.2) is 28.3 Å². The van der Waals surface area contributed by atoms with Crippen molar-refractivity contribution in [1.82, 2.24) is 5.48 Å². The van der Waals surface area contributed by atoms with E-state index >= 15 is 0 Å². The molecule has 0 saturated carbocycles. The van der Waals surface area contributed by atoms with Crippen molar-refractivity contribution in [3.05, 3.63) is 23.1 Å². The first-order valence-corrected chi connectivity index (χ1v) is 9.13. The van der Waals surface area contributed by atoms with Gasteiger partial charge in [-0.3, -0.25) is 15.1 Å². The Labute approximate surface area is 149 Å². The molecule has 0 amide bonds. The summed E-state index contributed by atoms with van der Waals surface area (Å²) in [6.45, 7) is 10.4. The largest absolute Gasteiger partial charge is 0.511 e. The molecule has 2 aliphatic rings. The number of allylic oxidation sites excluding steroid dienone is 3. The predicted octanol–water partition coefficient (Wildman–Crippen LogP) is 3.80. The normalized spacial score (nSPS) is 27.6. The molecule has 2 N–H and O–H groups in total. The minimum absolute atomic E-state index is 0.0874. The molecule has 0 fully saturated rings. The first-order valence-electron chi connectivity index (χ1n) is 9.13. The highest BCUT2D eigenvalue weighted by atomic mass is 16.7. The number of aliphatic hydroxyl groups is 1. The third kappa shape index (κ3) is 4.24. The fourth-order valence-electron chi connectivity index (χ4n) is 3.25. The molecule has 0 aromatic heterocycles. The van der Waals surface area contributed by atoms with Crippen LogP contribution in [0.5, 0.6) is 0 Å². The van der Waals surface area contributed by atoms with Gasteiger partial charge in [-0.05, 0) is 32.3 Å². The number of nitrogens with zero attached hydrogens (tertiary/aromatic N) is 1. The van der Waals surface area contributed by atoms with Gasteiger partial charge in [0.15, 0.2) is 5.78 Å². The Kier molecular flexibility index (Phi) is 6.27. The molecule has 1 aliphatic carbocycles. The predicted molar refractivity (Wildman–Crippen MR) is 96.9 cm³/mol. The third-order valence-electron chi connectivity index (χ3n) is 4.78. The van der Waals surface area contributed by atoms with Crippen LogP contribution in [0.4, 0.5) is 0 Å². The number of rotatable bonds is 7. The molecule has 2 rings (SSSR count). The molecule has 0 spiro atoms. The topological polar surface area (TPSA) is 80.2 Å².